The Labute approximate surface area is 209 Å². The SMILES string of the molecule is O=Cc1ccc(Cc2ccc(CSSCc3ccc(Cc4cccc(C=O)c4)cc3)cc2)cc1. The van der Waals surface area contributed by atoms with Crippen LogP contribution in [0.2, 0.25) is 0 Å². The molecule has 0 amide bonds. The van der Waals surface area contributed by atoms with Gasteiger partial charge in [-0.25, -0.2) is 0 Å². The molecule has 170 valence electrons. The topological polar surface area (TPSA) is 34.1 Å². The Morgan fingerprint density at radius 3 is 1.41 bits per heavy atom. The predicted octanol–water partition coefficient (Wildman–Crippen LogP) is 7.57. The second-order valence-electron chi connectivity index (χ2n) is 8.23. The fourth-order valence-corrected chi connectivity index (χ4v) is 5.83. The average Bonchev–Trinajstić information content (AvgIpc) is 2.89. The van der Waals surface area contributed by atoms with Gasteiger partial charge in [-0.2, -0.15) is 0 Å². The lowest BCUT2D eigenvalue weighted by Gasteiger charge is -2.06. The van der Waals surface area contributed by atoms with Crippen LogP contribution in [0.25, 0.3) is 0 Å². The van der Waals surface area contributed by atoms with Crippen LogP contribution in [0.1, 0.15) is 54.1 Å². The average molecular weight is 483 g/mol. The minimum atomic E-state index is 0.714. The lowest BCUT2D eigenvalue weighted by Crippen LogP contribution is -1.91. The highest BCUT2D eigenvalue weighted by Crippen LogP contribution is 2.30. The van der Waals surface area contributed by atoms with Crippen LogP contribution in [-0.2, 0) is 24.3 Å². The maximum Gasteiger partial charge on any atom is 0.150 e. The van der Waals surface area contributed by atoms with Crippen molar-refractivity contribution in [3.63, 3.8) is 0 Å². The number of hydrogen-bond acceptors (Lipinski definition) is 4. The largest absolute Gasteiger partial charge is 0.298 e. The Bertz CT molecular complexity index is 1210. The van der Waals surface area contributed by atoms with Crippen molar-refractivity contribution in [1.29, 1.82) is 0 Å². The molecule has 0 aliphatic rings. The third-order valence-corrected chi connectivity index (χ3v) is 7.88. The van der Waals surface area contributed by atoms with Crippen molar-refractivity contribution in [2.24, 2.45) is 0 Å². The zero-order chi connectivity index (χ0) is 23.6. The van der Waals surface area contributed by atoms with Gasteiger partial charge >= 0.3 is 0 Å². The van der Waals surface area contributed by atoms with E-state index in [-0.39, 0.29) is 0 Å². The van der Waals surface area contributed by atoms with Crippen molar-refractivity contribution in [2.75, 3.05) is 0 Å². The summed E-state index contributed by atoms with van der Waals surface area (Å²) in [4.78, 5) is 21.7. The van der Waals surface area contributed by atoms with E-state index in [2.05, 4.69) is 54.6 Å². The van der Waals surface area contributed by atoms with Crippen LogP contribution in [0, 0.1) is 0 Å². The summed E-state index contributed by atoms with van der Waals surface area (Å²) in [6, 6.07) is 33.1. The molecular formula is C30H26O2S2. The highest BCUT2D eigenvalue weighted by molar-refractivity contribution is 8.76. The number of benzene rings is 4. The van der Waals surface area contributed by atoms with Gasteiger partial charge in [0.2, 0.25) is 0 Å². The van der Waals surface area contributed by atoms with Gasteiger partial charge in [-0.1, -0.05) is 113 Å². The van der Waals surface area contributed by atoms with E-state index in [9.17, 15) is 9.59 Å². The van der Waals surface area contributed by atoms with Crippen LogP contribution < -0.4 is 0 Å². The Hall–Kier alpha value is -3.08. The van der Waals surface area contributed by atoms with Crippen molar-refractivity contribution in [1.82, 2.24) is 0 Å². The van der Waals surface area contributed by atoms with Crippen LogP contribution in [0.3, 0.4) is 0 Å². The van der Waals surface area contributed by atoms with Gasteiger partial charge in [0.15, 0.2) is 0 Å². The van der Waals surface area contributed by atoms with Gasteiger partial charge in [0.1, 0.15) is 12.6 Å². The standard InChI is InChI=1S/C30H26O2S2/c31-19-26-10-4-23(5-11-26)16-24-6-12-27(13-7-24)21-33-34-22-28-14-8-25(9-15-28)17-29-2-1-3-30(18-29)20-32/h1-15,18-20H,16-17,21-22H2. The van der Waals surface area contributed by atoms with Crippen LogP contribution in [0.5, 0.6) is 0 Å². The Morgan fingerprint density at radius 1 is 0.471 bits per heavy atom. The molecule has 0 aromatic heterocycles. The fraction of sp³-hybridized carbons (Fsp3) is 0.133. The minimum Gasteiger partial charge on any atom is -0.298 e. The molecule has 4 aromatic carbocycles. The number of aldehydes is 2. The van der Waals surface area contributed by atoms with E-state index >= 15 is 0 Å². The van der Waals surface area contributed by atoms with Crippen molar-refractivity contribution >= 4 is 34.2 Å². The van der Waals surface area contributed by atoms with E-state index in [0.29, 0.717) is 5.56 Å². The van der Waals surface area contributed by atoms with Gasteiger partial charge in [-0.15, -0.1) is 0 Å². The first-order valence-corrected chi connectivity index (χ1v) is 13.7. The summed E-state index contributed by atoms with van der Waals surface area (Å²) in [7, 11) is 3.75. The summed E-state index contributed by atoms with van der Waals surface area (Å²) >= 11 is 0. The van der Waals surface area contributed by atoms with Crippen LogP contribution in [0.4, 0.5) is 0 Å². The molecule has 0 unspecified atom stereocenters. The zero-order valence-electron chi connectivity index (χ0n) is 18.9. The Kier molecular flexibility index (Phi) is 8.78. The lowest BCUT2D eigenvalue weighted by atomic mass is 10.0. The normalized spacial score (nSPS) is 10.7. The van der Waals surface area contributed by atoms with E-state index < -0.39 is 0 Å². The van der Waals surface area contributed by atoms with Gasteiger partial charge in [0.25, 0.3) is 0 Å². The molecule has 0 saturated heterocycles. The van der Waals surface area contributed by atoms with Crippen molar-refractivity contribution < 1.29 is 9.59 Å². The summed E-state index contributed by atoms with van der Waals surface area (Å²) in [5.74, 6) is 1.95. The van der Waals surface area contributed by atoms with Crippen molar-refractivity contribution in [2.45, 2.75) is 24.3 Å². The maximum atomic E-state index is 11.0. The molecule has 0 N–H and O–H groups in total. The van der Waals surface area contributed by atoms with E-state index in [1.165, 1.54) is 27.8 Å². The molecule has 2 nitrogen and oxygen atoms in total. The molecule has 0 fully saturated rings. The van der Waals surface area contributed by atoms with Crippen LogP contribution >= 0.6 is 21.6 Å². The third-order valence-electron chi connectivity index (χ3n) is 5.60. The number of carbonyl (C=O) groups is 2. The molecular weight excluding hydrogens is 456 g/mol. The predicted molar refractivity (Wildman–Crippen MR) is 145 cm³/mol. The van der Waals surface area contributed by atoms with E-state index in [1.54, 1.807) is 0 Å². The fourth-order valence-electron chi connectivity index (χ4n) is 3.69. The summed E-state index contributed by atoms with van der Waals surface area (Å²) in [6.45, 7) is 0. The molecule has 4 aromatic rings. The van der Waals surface area contributed by atoms with Gasteiger partial charge in [0, 0.05) is 22.6 Å². The summed E-state index contributed by atoms with van der Waals surface area (Å²) in [6.07, 6.45) is 3.48. The lowest BCUT2D eigenvalue weighted by molar-refractivity contribution is 0.111. The van der Waals surface area contributed by atoms with Gasteiger partial charge < -0.3 is 0 Å². The second kappa shape index (κ2) is 12.4. The highest BCUT2D eigenvalue weighted by atomic mass is 33.1. The number of carbonyl (C=O) groups excluding carboxylic acids is 2. The van der Waals surface area contributed by atoms with Gasteiger partial charge in [0.05, 0.1) is 0 Å². The molecule has 34 heavy (non-hydrogen) atoms. The summed E-state index contributed by atoms with van der Waals surface area (Å²) in [5.41, 5.74) is 8.98. The maximum absolute atomic E-state index is 11.0. The molecule has 0 radical (unpaired) electrons. The van der Waals surface area contributed by atoms with Crippen molar-refractivity contribution in [3.8, 4) is 0 Å². The zero-order valence-corrected chi connectivity index (χ0v) is 20.5. The summed E-state index contributed by atoms with van der Waals surface area (Å²) < 4.78 is 0. The first kappa shape index (κ1) is 24.1. The Balaban J connectivity index is 1.20. The molecule has 0 spiro atoms. The molecule has 0 aliphatic carbocycles. The first-order valence-electron chi connectivity index (χ1n) is 11.2. The van der Waals surface area contributed by atoms with E-state index in [4.69, 9.17) is 0 Å². The molecule has 4 heteroatoms. The van der Waals surface area contributed by atoms with E-state index in [0.717, 1.165) is 48.0 Å². The van der Waals surface area contributed by atoms with Gasteiger partial charge in [-0.05, 0) is 52.3 Å². The molecule has 0 bridgehead atoms. The molecule has 0 heterocycles. The molecule has 0 saturated carbocycles. The number of rotatable bonds is 11. The first-order chi connectivity index (χ1) is 16.7. The minimum absolute atomic E-state index is 0.714. The van der Waals surface area contributed by atoms with E-state index in [1.807, 2.05) is 64.1 Å². The monoisotopic (exact) mass is 482 g/mol. The molecule has 4 rings (SSSR count). The third kappa shape index (κ3) is 7.21. The number of hydrogen-bond donors (Lipinski definition) is 0. The molecule has 0 atom stereocenters. The quantitative estimate of drug-likeness (QED) is 0.125. The molecule has 0 aliphatic heterocycles. The van der Waals surface area contributed by atoms with Crippen molar-refractivity contribution in [3.05, 3.63) is 142 Å². The summed E-state index contributed by atoms with van der Waals surface area (Å²) in [5, 5.41) is 0. The highest BCUT2D eigenvalue weighted by Gasteiger charge is 2.02. The van der Waals surface area contributed by atoms with Crippen LogP contribution in [-0.4, -0.2) is 12.6 Å². The van der Waals surface area contributed by atoms with Crippen LogP contribution in [0.15, 0.2) is 97.1 Å². The second-order valence-corrected chi connectivity index (χ2v) is 10.7. The Morgan fingerprint density at radius 2 is 0.912 bits per heavy atom. The smallest absolute Gasteiger partial charge is 0.150 e. The van der Waals surface area contributed by atoms with Gasteiger partial charge in [-0.3, -0.25) is 9.59 Å².